The molecule has 474 valence electrons. The predicted octanol–water partition coefficient (Wildman–Crippen LogP) is 23.8. The number of para-hydroxylation sites is 8. The highest BCUT2D eigenvalue weighted by Gasteiger charge is 2.38. The molecule has 13 heteroatoms. The molecular weight excluding hydrogens is 1260 g/mol. The third-order valence-electron chi connectivity index (χ3n) is 20.4. The van der Waals surface area contributed by atoms with Gasteiger partial charge in [-0.05, 0) is 157 Å². The zero-order chi connectivity index (χ0) is 67.0. The standard InChI is InChI=1S/C87H49F6N7/c88-86(89,90)53-43-52(44-54(45-53)87(91,92)93)85-83(99-79-37-33-55(95-71-25-9-1-17-59(71)60-18-2-10-26-72(60)95)46-67(79)68-47-56(34-38-80(68)99)96-73-27-11-3-19-61(73)62-20-4-12-28-74(62)96)41-51(50-94)42-84(85)100-81-39-35-57(97-75-29-13-5-21-63(75)64-22-6-14-30-76(64)97)48-69(81)70-49-58(36-40-82(70)100)98-77-31-15-7-23-65(77)66-24-8-16-32-78(66)98/h1-49H. The summed E-state index contributed by atoms with van der Waals surface area (Å²) in [5, 5.41) is 22.9. The second kappa shape index (κ2) is 21.0. The molecule has 0 radical (unpaired) electrons. The molecule has 14 aromatic carbocycles. The first kappa shape index (κ1) is 57.2. The first-order valence-electron chi connectivity index (χ1n) is 32.8. The van der Waals surface area contributed by atoms with Gasteiger partial charge in [0.15, 0.2) is 0 Å². The maximum atomic E-state index is 15.7. The van der Waals surface area contributed by atoms with Gasteiger partial charge in [-0.25, -0.2) is 0 Å². The maximum Gasteiger partial charge on any atom is 0.416 e. The van der Waals surface area contributed by atoms with E-state index in [4.69, 9.17) is 0 Å². The molecular formula is C87H49F6N7. The first-order valence-corrected chi connectivity index (χ1v) is 32.8. The molecule has 0 amide bonds. The van der Waals surface area contributed by atoms with Gasteiger partial charge in [-0.15, -0.1) is 0 Å². The summed E-state index contributed by atoms with van der Waals surface area (Å²) >= 11 is 0. The number of halogens is 6. The van der Waals surface area contributed by atoms with Crippen LogP contribution in [0.4, 0.5) is 26.3 Å². The van der Waals surface area contributed by atoms with E-state index in [0.717, 1.165) is 144 Å². The van der Waals surface area contributed by atoms with Crippen molar-refractivity contribution in [1.29, 1.82) is 5.26 Å². The largest absolute Gasteiger partial charge is 0.416 e. The van der Waals surface area contributed by atoms with E-state index >= 15 is 26.3 Å². The van der Waals surface area contributed by atoms with Gasteiger partial charge in [0, 0.05) is 92.9 Å². The minimum atomic E-state index is -5.22. The number of benzene rings is 14. The molecule has 20 rings (SSSR count). The van der Waals surface area contributed by atoms with Crippen LogP contribution in [0.15, 0.2) is 297 Å². The molecule has 6 aromatic heterocycles. The Bertz CT molecular complexity index is 6020. The summed E-state index contributed by atoms with van der Waals surface area (Å²) in [6.45, 7) is 0. The zero-order valence-electron chi connectivity index (χ0n) is 52.7. The third-order valence-corrected chi connectivity index (χ3v) is 20.4. The number of nitriles is 1. The van der Waals surface area contributed by atoms with Gasteiger partial charge in [0.25, 0.3) is 0 Å². The lowest BCUT2D eigenvalue weighted by Crippen LogP contribution is -2.12. The van der Waals surface area contributed by atoms with Crippen LogP contribution in [0.1, 0.15) is 16.7 Å². The molecule has 7 nitrogen and oxygen atoms in total. The van der Waals surface area contributed by atoms with Gasteiger partial charge in [0.05, 0.1) is 100 Å². The number of hydrogen-bond donors (Lipinski definition) is 0. The highest BCUT2D eigenvalue weighted by atomic mass is 19.4. The van der Waals surface area contributed by atoms with Crippen molar-refractivity contribution >= 4 is 131 Å². The summed E-state index contributed by atoms with van der Waals surface area (Å²) in [7, 11) is 0. The molecule has 0 spiro atoms. The zero-order valence-corrected chi connectivity index (χ0v) is 52.7. The van der Waals surface area contributed by atoms with E-state index in [-0.39, 0.29) is 34.1 Å². The molecule has 6 heterocycles. The second-order valence-corrected chi connectivity index (χ2v) is 25.8. The molecule has 0 atom stereocenters. The van der Waals surface area contributed by atoms with Gasteiger partial charge in [-0.1, -0.05) is 146 Å². The summed E-state index contributed by atoms with van der Waals surface area (Å²) in [6.07, 6.45) is -10.4. The fraction of sp³-hybridized carbons (Fsp3) is 0.0230. The van der Waals surface area contributed by atoms with Crippen LogP contribution in [0.2, 0.25) is 0 Å². The number of nitrogens with zero attached hydrogens (tertiary/aromatic N) is 7. The minimum absolute atomic E-state index is 0.0177. The lowest BCUT2D eigenvalue weighted by Gasteiger charge is -2.23. The fourth-order valence-corrected chi connectivity index (χ4v) is 16.3. The Kier molecular flexibility index (Phi) is 12.0. The summed E-state index contributed by atoms with van der Waals surface area (Å²) in [5.74, 6) is 0. The quantitative estimate of drug-likeness (QED) is 0.147. The lowest BCUT2D eigenvalue weighted by molar-refractivity contribution is -0.143. The molecule has 0 saturated heterocycles. The Balaban J connectivity index is 0.930. The van der Waals surface area contributed by atoms with Crippen molar-refractivity contribution in [3.63, 3.8) is 0 Å². The molecule has 20 aromatic rings. The maximum absolute atomic E-state index is 15.7. The van der Waals surface area contributed by atoms with E-state index in [9.17, 15) is 5.26 Å². The summed E-state index contributed by atoms with van der Waals surface area (Å²) in [4.78, 5) is 0. The monoisotopic (exact) mass is 1310 g/mol. The molecule has 100 heavy (non-hydrogen) atoms. The highest BCUT2D eigenvalue weighted by molar-refractivity contribution is 6.17. The van der Waals surface area contributed by atoms with Crippen LogP contribution in [-0.2, 0) is 12.4 Å². The molecule has 0 aliphatic heterocycles. The second-order valence-electron chi connectivity index (χ2n) is 25.8. The normalized spacial score (nSPS) is 12.5. The Morgan fingerprint density at radius 1 is 0.230 bits per heavy atom. The van der Waals surface area contributed by atoms with E-state index in [1.54, 1.807) is 12.1 Å². The average Bonchev–Trinajstić information content (AvgIpc) is 1.51. The van der Waals surface area contributed by atoms with Crippen LogP contribution in [0.3, 0.4) is 0 Å². The molecule has 0 aliphatic carbocycles. The van der Waals surface area contributed by atoms with Crippen molar-refractivity contribution in [3.8, 4) is 51.3 Å². The van der Waals surface area contributed by atoms with E-state index < -0.39 is 23.5 Å². The third kappa shape index (κ3) is 8.28. The highest BCUT2D eigenvalue weighted by Crippen LogP contribution is 2.49. The molecule has 0 aliphatic rings. The smallest absolute Gasteiger partial charge is 0.309 e. The van der Waals surface area contributed by atoms with Gasteiger partial charge >= 0.3 is 12.4 Å². The number of aromatic nitrogens is 6. The predicted molar refractivity (Wildman–Crippen MR) is 393 cm³/mol. The molecule has 0 unspecified atom stereocenters. The Morgan fingerprint density at radius 3 is 0.670 bits per heavy atom. The lowest BCUT2D eigenvalue weighted by atomic mass is 9.94. The Morgan fingerprint density at radius 2 is 0.450 bits per heavy atom. The van der Waals surface area contributed by atoms with Crippen LogP contribution in [0.5, 0.6) is 0 Å². The van der Waals surface area contributed by atoms with Crippen LogP contribution in [-0.4, -0.2) is 27.4 Å². The topological polar surface area (TPSA) is 53.4 Å². The van der Waals surface area contributed by atoms with Crippen molar-refractivity contribution in [2.24, 2.45) is 0 Å². The number of fused-ring (bicyclic) bond motifs is 18. The van der Waals surface area contributed by atoms with Crippen LogP contribution in [0.25, 0.3) is 176 Å². The van der Waals surface area contributed by atoms with Crippen LogP contribution >= 0.6 is 0 Å². The Hall–Kier alpha value is -13.1. The Labute approximate surface area is 564 Å². The van der Waals surface area contributed by atoms with Crippen molar-refractivity contribution < 1.29 is 26.3 Å². The van der Waals surface area contributed by atoms with Crippen LogP contribution in [0, 0.1) is 11.3 Å². The van der Waals surface area contributed by atoms with Gasteiger partial charge in [0.1, 0.15) is 0 Å². The van der Waals surface area contributed by atoms with Gasteiger partial charge in [-0.2, -0.15) is 31.6 Å². The molecule has 0 saturated carbocycles. The molecule has 0 fully saturated rings. The van der Waals surface area contributed by atoms with Gasteiger partial charge < -0.3 is 27.4 Å². The number of hydrogen-bond acceptors (Lipinski definition) is 1. The van der Waals surface area contributed by atoms with Gasteiger partial charge in [0.2, 0.25) is 0 Å². The number of alkyl halides is 6. The van der Waals surface area contributed by atoms with Gasteiger partial charge in [-0.3, -0.25) is 0 Å². The SMILES string of the molecule is N#Cc1cc(-n2c3ccc(-n4c5ccccc5c5ccccc54)cc3c3cc(-n4c5ccccc5c5ccccc54)ccc32)c(-c2cc(C(F)(F)F)cc(C(F)(F)F)c2)c(-n2c3ccc(-n4c5ccccc5c5ccccc54)cc3c3cc(-n4c5ccccc5c5ccccc54)ccc32)c1. The van der Waals surface area contributed by atoms with Crippen LogP contribution < -0.4 is 0 Å². The van der Waals surface area contributed by atoms with E-state index in [1.807, 2.05) is 155 Å². The summed E-state index contributed by atoms with van der Waals surface area (Å²) < 4.78 is 107. The van der Waals surface area contributed by atoms with E-state index in [1.165, 1.54) is 0 Å². The average molecular weight is 1310 g/mol. The summed E-state index contributed by atoms with van der Waals surface area (Å²) in [6, 6.07) is 97.4. The number of rotatable bonds is 7. The van der Waals surface area contributed by atoms with Crippen molar-refractivity contribution in [2.45, 2.75) is 12.4 Å². The van der Waals surface area contributed by atoms with E-state index in [0.29, 0.717) is 22.1 Å². The molecule has 0 N–H and O–H groups in total. The van der Waals surface area contributed by atoms with Crippen molar-refractivity contribution in [2.75, 3.05) is 0 Å². The molecule has 0 bridgehead atoms. The van der Waals surface area contributed by atoms with E-state index in [2.05, 4.69) is 146 Å². The van der Waals surface area contributed by atoms with Crippen molar-refractivity contribution in [3.05, 3.63) is 314 Å². The fourth-order valence-electron chi connectivity index (χ4n) is 16.3. The first-order chi connectivity index (χ1) is 48.8. The van der Waals surface area contributed by atoms with Crippen molar-refractivity contribution in [1.82, 2.24) is 27.4 Å². The minimum Gasteiger partial charge on any atom is -0.309 e. The summed E-state index contributed by atoms with van der Waals surface area (Å²) in [5.41, 5.74) is 10.4.